The number of rotatable bonds is 2. The summed E-state index contributed by atoms with van der Waals surface area (Å²) < 4.78 is 1.96. The highest BCUT2D eigenvalue weighted by Crippen LogP contribution is 2.24. The number of anilines is 1. The van der Waals surface area contributed by atoms with E-state index in [1.165, 1.54) is 18.2 Å². The zero-order chi connectivity index (χ0) is 15.0. The third-order valence-electron chi connectivity index (χ3n) is 3.48. The van der Waals surface area contributed by atoms with Crippen LogP contribution in [0.25, 0.3) is 0 Å². The number of nitrogen functional groups attached to an aromatic ring is 1. The van der Waals surface area contributed by atoms with Gasteiger partial charge < -0.3 is 15.2 Å². The Morgan fingerprint density at radius 1 is 1.38 bits per heavy atom. The van der Waals surface area contributed by atoms with Gasteiger partial charge in [0.15, 0.2) is 0 Å². The highest BCUT2D eigenvalue weighted by atomic mass is 16.6. The van der Waals surface area contributed by atoms with E-state index in [1.54, 1.807) is 11.1 Å². The van der Waals surface area contributed by atoms with Gasteiger partial charge in [-0.25, -0.2) is 4.98 Å². The predicted octanol–water partition coefficient (Wildman–Crippen LogP) is 1.03. The maximum Gasteiger partial charge on any atom is 0.282 e. The normalized spacial score (nSPS) is 13.8. The second-order valence-electron chi connectivity index (χ2n) is 4.80. The molecular weight excluding hydrogens is 274 g/mol. The molecule has 1 aliphatic heterocycles. The second-order valence-corrected chi connectivity index (χ2v) is 4.80. The molecule has 0 radical (unpaired) electrons. The van der Waals surface area contributed by atoms with Crippen LogP contribution < -0.4 is 5.73 Å². The van der Waals surface area contributed by atoms with Gasteiger partial charge >= 0.3 is 0 Å². The van der Waals surface area contributed by atoms with Crippen molar-refractivity contribution in [2.24, 2.45) is 0 Å². The summed E-state index contributed by atoms with van der Waals surface area (Å²) in [4.78, 5) is 28.7. The van der Waals surface area contributed by atoms with Gasteiger partial charge in [-0.2, -0.15) is 0 Å². The fourth-order valence-electron chi connectivity index (χ4n) is 2.40. The van der Waals surface area contributed by atoms with Gasteiger partial charge in [0, 0.05) is 37.2 Å². The number of aromatic nitrogens is 2. The highest BCUT2D eigenvalue weighted by Gasteiger charge is 2.27. The number of nitrogens with zero attached hydrogens (tertiary/aromatic N) is 4. The Kier molecular flexibility index (Phi) is 3.05. The van der Waals surface area contributed by atoms with Crippen LogP contribution in [0.15, 0.2) is 30.6 Å². The van der Waals surface area contributed by atoms with Gasteiger partial charge in [0.1, 0.15) is 11.4 Å². The molecule has 2 N–H and O–H groups in total. The molecule has 0 unspecified atom stereocenters. The maximum atomic E-state index is 12.5. The van der Waals surface area contributed by atoms with Crippen LogP contribution in [-0.2, 0) is 13.1 Å². The molecular formula is C13H13N5O3. The minimum Gasteiger partial charge on any atom is -0.399 e. The van der Waals surface area contributed by atoms with E-state index in [0.29, 0.717) is 25.3 Å². The number of carbonyl (C=O) groups excluding carboxylic acids is 1. The number of hydrogen-bond acceptors (Lipinski definition) is 5. The summed E-state index contributed by atoms with van der Waals surface area (Å²) in [6.45, 7) is 1.43. The van der Waals surface area contributed by atoms with Gasteiger partial charge in [-0.15, -0.1) is 0 Å². The fourth-order valence-corrected chi connectivity index (χ4v) is 2.40. The number of benzene rings is 1. The van der Waals surface area contributed by atoms with Crippen LogP contribution >= 0.6 is 0 Å². The predicted molar refractivity (Wildman–Crippen MR) is 74.5 cm³/mol. The van der Waals surface area contributed by atoms with E-state index in [4.69, 9.17) is 5.73 Å². The van der Waals surface area contributed by atoms with Gasteiger partial charge in [-0.1, -0.05) is 0 Å². The summed E-state index contributed by atoms with van der Waals surface area (Å²) >= 11 is 0. The van der Waals surface area contributed by atoms with E-state index in [2.05, 4.69) is 4.98 Å². The monoisotopic (exact) mass is 287 g/mol. The molecule has 0 atom stereocenters. The average molecular weight is 287 g/mol. The fraction of sp³-hybridized carbons (Fsp3) is 0.231. The Morgan fingerprint density at radius 3 is 2.95 bits per heavy atom. The summed E-state index contributed by atoms with van der Waals surface area (Å²) in [6.07, 6.45) is 3.52. The first-order chi connectivity index (χ1) is 10.1. The van der Waals surface area contributed by atoms with Crippen molar-refractivity contribution in [2.75, 3.05) is 12.3 Å². The SMILES string of the molecule is Nc1ccc([N+](=O)[O-])c(C(=O)N2CCn3ccnc3C2)c1. The summed E-state index contributed by atoms with van der Waals surface area (Å²) in [5.74, 6) is 0.365. The molecule has 8 nitrogen and oxygen atoms in total. The quantitative estimate of drug-likeness (QED) is 0.504. The summed E-state index contributed by atoms with van der Waals surface area (Å²) in [6, 6.07) is 4.02. The molecule has 8 heteroatoms. The zero-order valence-electron chi connectivity index (χ0n) is 11.1. The van der Waals surface area contributed by atoms with Gasteiger partial charge in [0.25, 0.3) is 11.6 Å². The van der Waals surface area contributed by atoms with Gasteiger partial charge in [-0.05, 0) is 12.1 Å². The van der Waals surface area contributed by atoms with Crippen molar-refractivity contribution in [1.82, 2.24) is 14.5 Å². The first-order valence-electron chi connectivity index (χ1n) is 6.39. The smallest absolute Gasteiger partial charge is 0.282 e. The third-order valence-corrected chi connectivity index (χ3v) is 3.48. The van der Waals surface area contributed by atoms with Crippen LogP contribution in [0.3, 0.4) is 0 Å². The molecule has 1 aromatic heterocycles. The molecule has 1 aliphatic rings. The summed E-state index contributed by atoms with van der Waals surface area (Å²) in [5.41, 5.74) is 5.75. The molecule has 0 spiro atoms. The number of nitro groups is 1. The van der Waals surface area contributed by atoms with E-state index in [9.17, 15) is 14.9 Å². The number of amides is 1. The second kappa shape index (κ2) is 4.89. The van der Waals surface area contributed by atoms with Crippen molar-refractivity contribution in [3.05, 3.63) is 52.1 Å². The first-order valence-corrected chi connectivity index (χ1v) is 6.39. The van der Waals surface area contributed by atoms with Crippen LogP contribution in [0.1, 0.15) is 16.2 Å². The standard InChI is InChI=1S/C13H13N5O3/c14-9-1-2-11(18(20)21)10(7-9)13(19)17-6-5-16-4-3-15-12(16)8-17/h1-4,7H,5-6,8,14H2. The van der Waals surface area contributed by atoms with Crippen LogP contribution in [0.4, 0.5) is 11.4 Å². The number of nitro benzene ring substituents is 1. The van der Waals surface area contributed by atoms with Crippen LogP contribution in [0, 0.1) is 10.1 Å². The Morgan fingerprint density at radius 2 is 2.19 bits per heavy atom. The van der Waals surface area contributed by atoms with Crippen LogP contribution in [0.2, 0.25) is 0 Å². The van der Waals surface area contributed by atoms with Crippen molar-refractivity contribution in [1.29, 1.82) is 0 Å². The maximum absolute atomic E-state index is 12.5. The summed E-state index contributed by atoms with van der Waals surface area (Å²) in [7, 11) is 0. The highest BCUT2D eigenvalue weighted by molar-refractivity contribution is 5.99. The lowest BCUT2D eigenvalue weighted by Gasteiger charge is -2.27. The lowest BCUT2D eigenvalue weighted by Crippen LogP contribution is -2.38. The van der Waals surface area contributed by atoms with Crippen molar-refractivity contribution in [3.8, 4) is 0 Å². The molecule has 0 saturated carbocycles. The van der Waals surface area contributed by atoms with Gasteiger partial charge in [0.2, 0.25) is 0 Å². The van der Waals surface area contributed by atoms with Crippen LogP contribution in [0.5, 0.6) is 0 Å². The molecule has 0 fully saturated rings. The van der Waals surface area contributed by atoms with E-state index in [0.717, 1.165) is 5.82 Å². The Bertz CT molecular complexity index is 724. The molecule has 108 valence electrons. The topological polar surface area (TPSA) is 107 Å². The Hall–Kier alpha value is -2.90. The number of carbonyl (C=O) groups is 1. The van der Waals surface area contributed by atoms with Crippen molar-refractivity contribution >= 4 is 17.3 Å². The molecule has 21 heavy (non-hydrogen) atoms. The third kappa shape index (κ3) is 2.31. The number of hydrogen-bond donors (Lipinski definition) is 1. The van der Waals surface area contributed by atoms with Gasteiger partial charge in [0.05, 0.1) is 11.5 Å². The number of fused-ring (bicyclic) bond motifs is 1. The molecule has 0 bridgehead atoms. The molecule has 1 aromatic carbocycles. The molecule has 3 rings (SSSR count). The molecule has 0 saturated heterocycles. The average Bonchev–Trinajstić information content (AvgIpc) is 2.93. The van der Waals surface area contributed by atoms with E-state index >= 15 is 0 Å². The minimum absolute atomic E-state index is 0.0139. The minimum atomic E-state index is -0.572. The molecule has 2 heterocycles. The molecule has 1 amide bonds. The lowest BCUT2D eigenvalue weighted by atomic mass is 10.1. The van der Waals surface area contributed by atoms with E-state index in [-0.39, 0.29) is 11.3 Å². The molecule has 2 aromatic rings. The van der Waals surface area contributed by atoms with Crippen LogP contribution in [-0.4, -0.2) is 31.8 Å². The summed E-state index contributed by atoms with van der Waals surface area (Å²) in [5, 5.41) is 11.1. The lowest BCUT2D eigenvalue weighted by molar-refractivity contribution is -0.385. The number of imidazole rings is 1. The van der Waals surface area contributed by atoms with E-state index < -0.39 is 10.8 Å². The molecule has 0 aliphatic carbocycles. The first kappa shape index (κ1) is 13.1. The zero-order valence-corrected chi connectivity index (χ0v) is 11.1. The van der Waals surface area contributed by atoms with Crippen molar-refractivity contribution in [2.45, 2.75) is 13.1 Å². The Labute approximate surface area is 119 Å². The Balaban J connectivity index is 1.93. The van der Waals surface area contributed by atoms with Gasteiger partial charge in [-0.3, -0.25) is 14.9 Å². The largest absolute Gasteiger partial charge is 0.399 e. The van der Waals surface area contributed by atoms with E-state index in [1.807, 2.05) is 10.8 Å². The van der Waals surface area contributed by atoms with Crippen molar-refractivity contribution in [3.63, 3.8) is 0 Å². The van der Waals surface area contributed by atoms with Crippen molar-refractivity contribution < 1.29 is 9.72 Å². The number of nitrogens with two attached hydrogens (primary N) is 1.